The van der Waals surface area contributed by atoms with Crippen LogP contribution in [0.1, 0.15) is 37.4 Å². The average molecular weight is 264 g/mol. The van der Waals surface area contributed by atoms with E-state index >= 15 is 0 Å². The number of rotatable bonds is 7. The molecule has 0 saturated heterocycles. The fourth-order valence-electron chi connectivity index (χ4n) is 2.08. The first-order valence-corrected chi connectivity index (χ1v) is 6.80. The second-order valence-electron chi connectivity index (χ2n) is 4.55. The van der Waals surface area contributed by atoms with Gasteiger partial charge in [0.1, 0.15) is 6.04 Å². The molecule has 4 heteroatoms. The molecular weight excluding hydrogens is 240 g/mol. The molecule has 0 bridgehead atoms. The Labute approximate surface area is 115 Å². The van der Waals surface area contributed by atoms with E-state index in [9.17, 15) is 4.79 Å². The van der Waals surface area contributed by atoms with Gasteiger partial charge in [-0.1, -0.05) is 31.2 Å². The molecule has 0 amide bonds. The third-order valence-electron chi connectivity index (χ3n) is 3.18. The topological polar surface area (TPSA) is 64.3 Å². The van der Waals surface area contributed by atoms with Gasteiger partial charge in [-0.25, -0.2) is 0 Å². The number of ether oxygens (including phenoxy) is 1. The van der Waals surface area contributed by atoms with Crippen molar-refractivity contribution < 1.29 is 9.53 Å². The van der Waals surface area contributed by atoms with Gasteiger partial charge in [-0.3, -0.25) is 4.79 Å². The van der Waals surface area contributed by atoms with Gasteiger partial charge in [0, 0.05) is 6.04 Å². The molecule has 1 rings (SSSR count). The summed E-state index contributed by atoms with van der Waals surface area (Å²) in [5.41, 5.74) is 8.10. The number of benzene rings is 1. The van der Waals surface area contributed by atoms with Crippen molar-refractivity contribution in [2.75, 3.05) is 13.7 Å². The smallest absolute Gasteiger partial charge is 0.323 e. The molecule has 2 unspecified atom stereocenters. The Morgan fingerprint density at radius 1 is 1.32 bits per heavy atom. The normalized spacial score (nSPS) is 13.9. The predicted octanol–water partition coefficient (Wildman–Crippen LogP) is 1.79. The highest BCUT2D eigenvalue weighted by Crippen LogP contribution is 2.17. The van der Waals surface area contributed by atoms with Crippen LogP contribution >= 0.6 is 0 Å². The van der Waals surface area contributed by atoms with Crippen molar-refractivity contribution in [3.05, 3.63) is 35.4 Å². The first kappa shape index (κ1) is 15.7. The van der Waals surface area contributed by atoms with E-state index in [4.69, 9.17) is 10.5 Å². The quantitative estimate of drug-likeness (QED) is 0.737. The molecular formula is C15H24N2O2. The molecule has 3 N–H and O–H groups in total. The van der Waals surface area contributed by atoms with Crippen LogP contribution in [-0.2, 0) is 16.0 Å². The third kappa shape index (κ3) is 4.65. The molecule has 19 heavy (non-hydrogen) atoms. The van der Waals surface area contributed by atoms with Crippen LogP contribution in [0.5, 0.6) is 0 Å². The molecule has 0 heterocycles. The Morgan fingerprint density at radius 2 is 1.95 bits per heavy atom. The minimum absolute atomic E-state index is 0.340. The van der Waals surface area contributed by atoms with Gasteiger partial charge in [-0.2, -0.15) is 0 Å². The summed E-state index contributed by atoms with van der Waals surface area (Å²) >= 11 is 0. The summed E-state index contributed by atoms with van der Waals surface area (Å²) < 4.78 is 4.90. The van der Waals surface area contributed by atoms with Crippen LogP contribution in [-0.4, -0.2) is 25.7 Å². The Balaban J connectivity index is 2.64. The minimum Gasteiger partial charge on any atom is -0.465 e. The molecule has 106 valence electrons. The zero-order valence-electron chi connectivity index (χ0n) is 12.0. The summed E-state index contributed by atoms with van der Waals surface area (Å²) in [4.78, 5) is 11.5. The van der Waals surface area contributed by atoms with Crippen LogP contribution in [0.15, 0.2) is 24.3 Å². The van der Waals surface area contributed by atoms with Gasteiger partial charge in [0.25, 0.3) is 0 Å². The van der Waals surface area contributed by atoms with E-state index in [2.05, 4.69) is 24.4 Å². The largest absolute Gasteiger partial charge is 0.465 e. The molecule has 2 atom stereocenters. The molecule has 1 aromatic rings. The number of hydrogen-bond donors (Lipinski definition) is 2. The molecule has 0 aromatic heterocycles. The second-order valence-corrected chi connectivity index (χ2v) is 4.55. The SMILES string of the molecule is CCOC(=O)C(N)Cc1ccc(C(CC)NC)cc1. The molecule has 0 aliphatic heterocycles. The lowest BCUT2D eigenvalue weighted by Gasteiger charge is -2.15. The Morgan fingerprint density at radius 3 is 2.42 bits per heavy atom. The van der Waals surface area contributed by atoms with E-state index in [1.165, 1.54) is 5.56 Å². The number of hydrogen-bond acceptors (Lipinski definition) is 4. The standard InChI is InChI=1S/C15H24N2O2/c1-4-14(17-3)12-8-6-11(7-9-12)10-13(16)15(18)19-5-2/h6-9,13-14,17H,4-5,10,16H2,1-3H3. The average Bonchev–Trinajstić information content (AvgIpc) is 2.42. The maximum atomic E-state index is 11.5. The van der Waals surface area contributed by atoms with Gasteiger partial charge in [0.15, 0.2) is 0 Å². The number of nitrogens with two attached hydrogens (primary N) is 1. The molecule has 0 aliphatic carbocycles. The first-order chi connectivity index (χ1) is 9.12. The Hall–Kier alpha value is -1.39. The lowest BCUT2D eigenvalue weighted by Crippen LogP contribution is -2.34. The summed E-state index contributed by atoms with van der Waals surface area (Å²) in [6.07, 6.45) is 1.55. The lowest BCUT2D eigenvalue weighted by atomic mass is 10.00. The van der Waals surface area contributed by atoms with E-state index < -0.39 is 6.04 Å². The van der Waals surface area contributed by atoms with E-state index in [0.717, 1.165) is 12.0 Å². The van der Waals surface area contributed by atoms with Crippen LogP contribution < -0.4 is 11.1 Å². The third-order valence-corrected chi connectivity index (χ3v) is 3.18. The van der Waals surface area contributed by atoms with Crippen molar-refractivity contribution in [1.82, 2.24) is 5.32 Å². The number of nitrogens with one attached hydrogen (secondary N) is 1. The summed E-state index contributed by atoms with van der Waals surface area (Å²) in [6, 6.07) is 7.99. The van der Waals surface area contributed by atoms with Crippen molar-refractivity contribution in [1.29, 1.82) is 0 Å². The van der Waals surface area contributed by atoms with Gasteiger partial charge in [0.2, 0.25) is 0 Å². The molecule has 0 radical (unpaired) electrons. The summed E-state index contributed by atoms with van der Waals surface area (Å²) in [5, 5.41) is 3.26. The van der Waals surface area contributed by atoms with Gasteiger partial charge in [-0.15, -0.1) is 0 Å². The van der Waals surface area contributed by atoms with Gasteiger partial charge < -0.3 is 15.8 Å². The highest BCUT2D eigenvalue weighted by Gasteiger charge is 2.15. The van der Waals surface area contributed by atoms with Crippen LogP contribution in [0, 0.1) is 0 Å². The summed E-state index contributed by atoms with van der Waals surface area (Å²) in [5.74, 6) is -0.340. The minimum atomic E-state index is -0.586. The van der Waals surface area contributed by atoms with Crippen LogP contribution in [0.2, 0.25) is 0 Å². The maximum absolute atomic E-state index is 11.5. The van der Waals surface area contributed by atoms with E-state index in [-0.39, 0.29) is 5.97 Å². The number of carbonyl (C=O) groups excluding carboxylic acids is 1. The maximum Gasteiger partial charge on any atom is 0.323 e. The molecule has 0 spiro atoms. The molecule has 0 fully saturated rings. The monoisotopic (exact) mass is 264 g/mol. The van der Waals surface area contributed by atoms with Crippen LogP contribution in [0.4, 0.5) is 0 Å². The van der Waals surface area contributed by atoms with Gasteiger partial charge >= 0.3 is 5.97 Å². The first-order valence-electron chi connectivity index (χ1n) is 6.80. The molecule has 0 aliphatic rings. The molecule has 1 aromatic carbocycles. The highest BCUT2D eigenvalue weighted by molar-refractivity contribution is 5.75. The van der Waals surface area contributed by atoms with E-state index in [0.29, 0.717) is 19.1 Å². The predicted molar refractivity (Wildman–Crippen MR) is 76.8 cm³/mol. The van der Waals surface area contributed by atoms with Crippen molar-refractivity contribution in [2.45, 2.75) is 38.8 Å². The fraction of sp³-hybridized carbons (Fsp3) is 0.533. The Bertz CT molecular complexity index is 386. The number of esters is 1. The van der Waals surface area contributed by atoms with Crippen LogP contribution in [0.3, 0.4) is 0 Å². The van der Waals surface area contributed by atoms with E-state index in [1.807, 2.05) is 19.2 Å². The highest BCUT2D eigenvalue weighted by atomic mass is 16.5. The van der Waals surface area contributed by atoms with Gasteiger partial charge in [-0.05, 0) is 37.9 Å². The van der Waals surface area contributed by atoms with E-state index in [1.54, 1.807) is 6.92 Å². The molecule has 0 saturated carbocycles. The van der Waals surface area contributed by atoms with Gasteiger partial charge in [0.05, 0.1) is 6.61 Å². The zero-order chi connectivity index (χ0) is 14.3. The summed E-state index contributed by atoms with van der Waals surface area (Å²) in [6.45, 7) is 4.29. The van der Waals surface area contributed by atoms with Crippen molar-refractivity contribution in [3.8, 4) is 0 Å². The van der Waals surface area contributed by atoms with Crippen LogP contribution in [0.25, 0.3) is 0 Å². The summed E-state index contributed by atoms with van der Waals surface area (Å²) in [7, 11) is 1.96. The second kappa shape index (κ2) is 7.92. The van der Waals surface area contributed by atoms with Crippen molar-refractivity contribution in [3.63, 3.8) is 0 Å². The zero-order valence-corrected chi connectivity index (χ0v) is 12.0. The Kier molecular flexibility index (Phi) is 6.53. The number of carbonyl (C=O) groups is 1. The molecule has 4 nitrogen and oxygen atoms in total. The van der Waals surface area contributed by atoms with Crippen molar-refractivity contribution in [2.24, 2.45) is 5.73 Å². The fourth-order valence-corrected chi connectivity index (χ4v) is 2.08. The lowest BCUT2D eigenvalue weighted by molar-refractivity contribution is -0.144. The van der Waals surface area contributed by atoms with Crippen molar-refractivity contribution >= 4 is 5.97 Å².